The largest absolute Gasteiger partial charge is 0.448 e. The number of anilines is 1. The van der Waals surface area contributed by atoms with Gasteiger partial charge in [0, 0.05) is 38.3 Å². The number of hydrogen-bond acceptors (Lipinski definition) is 5. The van der Waals surface area contributed by atoms with Gasteiger partial charge in [-0.3, -0.25) is 9.21 Å². The molecule has 0 N–H and O–H groups in total. The van der Waals surface area contributed by atoms with Crippen LogP contribution < -0.4 is 4.31 Å². The van der Waals surface area contributed by atoms with Crippen molar-refractivity contribution < 1.29 is 17.9 Å². The number of nitrogens with zero attached hydrogens (tertiary/aromatic N) is 3. The average Bonchev–Trinajstić information content (AvgIpc) is 3.05. The van der Waals surface area contributed by atoms with E-state index in [-0.39, 0.29) is 29.7 Å². The topological polar surface area (TPSA) is 70.2 Å². The minimum atomic E-state index is -3.78. The van der Waals surface area contributed by atoms with Crippen molar-refractivity contribution in [1.82, 2.24) is 9.80 Å². The van der Waals surface area contributed by atoms with E-state index in [9.17, 15) is 13.2 Å². The number of benzene rings is 4. The molecule has 8 heteroatoms. The second-order valence-corrected chi connectivity index (χ2v) is 12.8. The SMILES string of the molecule is C[C@@H](COC(=O)N1CCC(N(c2ccccc2)S(=O)(=O)c2ccccc2)CC1)N(Cc1ccccc1)Cc1ccccc1. The third kappa shape index (κ3) is 7.83. The molecule has 4 aromatic rings. The minimum Gasteiger partial charge on any atom is -0.448 e. The van der Waals surface area contributed by atoms with Crippen molar-refractivity contribution in [3.8, 4) is 0 Å². The third-order valence-corrected chi connectivity index (χ3v) is 9.79. The summed E-state index contributed by atoms with van der Waals surface area (Å²) in [5.74, 6) is 0. The average molecular weight is 598 g/mol. The number of carbonyl (C=O) groups excluding carboxylic acids is 1. The maximum absolute atomic E-state index is 13.8. The molecule has 7 nitrogen and oxygen atoms in total. The molecule has 1 aliphatic rings. The van der Waals surface area contributed by atoms with Gasteiger partial charge in [0.05, 0.1) is 10.6 Å². The van der Waals surface area contributed by atoms with Crippen LogP contribution in [0.15, 0.2) is 126 Å². The zero-order chi connectivity index (χ0) is 30.1. The monoisotopic (exact) mass is 597 g/mol. The summed E-state index contributed by atoms with van der Waals surface area (Å²) in [7, 11) is -3.78. The van der Waals surface area contributed by atoms with Gasteiger partial charge in [-0.2, -0.15) is 0 Å². The number of sulfonamides is 1. The predicted octanol–water partition coefficient (Wildman–Crippen LogP) is 6.57. The molecule has 0 spiro atoms. The Labute approximate surface area is 255 Å². The number of para-hydroxylation sites is 1. The number of carbonyl (C=O) groups is 1. The van der Waals surface area contributed by atoms with E-state index in [0.29, 0.717) is 31.6 Å². The molecule has 1 saturated heterocycles. The number of piperidine rings is 1. The Kier molecular flexibility index (Phi) is 10.1. The van der Waals surface area contributed by atoms with Crippen LogP contribution in [0.1, 0.15) is 30.9 Å². The van der Waals surface area contributed by atoms with Crippen LogP contribution in [0.25, 0.3) is 0 Å². The van der Waals surface area contributed by atoms with Gasteiger partial charge >= 0.3 is 6.09 Å². The highest BCUT2D eigenvalue weighted by Crippen LogP contribution is 2.30. The molecule has 0 saturated carbocycles. The molecule has 1 atom stereocenters. The van der Waals surface area contributed by atoms with Crippen molar-refractivity contribution in [3.05, 3.63) is 132 Å². The van der Waals surface area contributed by atoms with Crippen molar-refractivity contribution in [1.29, 1.82) is 0 Å². The fourth-order valence-electron chi connectivity index (χ4n) is 5.50. The molecule has 5 rings (SSSR count). The van der Waals surface area contributed by atoms with Gasteiger partial charge in [-0.1, -0.05) is 97.1 Å². The van der Waals surface area contributed by atoms with Gasteiger partial charge in [-0.05, 0) is 55.2 Å². The standard InChI is InChI=1S/C35H39N3O4S/c1-29(37(26-30-14-6-2-7-15-30)27-31-16-8-3-9-17-31)28-42-35(39)36-24-22-33(23-25-36)38(32-18-10-4-11-19-32)43(40,41)34-20-12-5-13-21-34/h2-21,29,33H,22-28H2,1H3/t29-/m0/s1. The maximum atomic E-state index is 13.8. The normalized spacial score (nSPS) is 14.8. The van der Waals surface area contributed by atoms with Crippen molar-refractivity contribution in [2.75, 3.05) is 24.0 Å². The predicted molar refractivity (Wildman–Crippen MR) is 170 cm³/mol. The fraction of sp³-hybridized carbons (Fsp3) is 0.286. The summed E-state index contributed by atoms with van der Waals surface area (Å²) < 4.78 is 34.9. The van der Waals surface area contributed by atoms with Crippen molar-refractivity contribution in [2.24, 2.45) is 0 Å². The third-order valence-electron chi connectivity index (χ3n) is 7.89. The molecule has 1 fully saturated rings. The van der Waals surface area contributed by atoms with Gasteiger partial charge in [0.1, 0.15) is 6.61 Å². The van der Waals surface area contributed by atoms with Gasteiger partial charge < -0.3 is 9.64 Å². The highest BCUT2D eigenvalue weighted by Gasteiger charge is 2.35. The molecule has 0 aromatic heterocycles. The zero-order valence-electron chi connectivity index (χ0n) is 24.5. The second-order valence-electron chi connectivity index (χ2n) is 11.0. The van der Waals surface area contributed by atoms with Gasteiger partial charge in [0.25, 0.3) is 10.0 Å². The molecular weight excluding hydrogens is 558 g/mol. The Balaban J connectivity index is 1.21. The molecule has 4 aromatic carbocycles. The first kappa shape index (κ1) is 30.3. The Hall–Kier alpha value is -4.14. The molecule has 0 aliphatic carbocycles. The van der Waals surface area contributed by atoms with Crippen LogP contribution in [0, 0.1) is 0 Å². The van der Waals surface area contributed by atoms with E-state index < -0.39 is 10.0 Å². The molecule has 0 bridgehead atoms. The van der Waals surface area contributed by atoms with Crippen LogP contribution in [0.5, 0.6) is 0 Å². The first-order valence-electron chi connectivity index (χ1n) is 14.8. The fourth-order valence-corrected chi connectivity index (χ4v) is 7.23. The second kappa shape index (κ2) is 14.4. The van der Waals surface area contributed by atoms with Crippen molar-refractivity contribution in [2.45, 2.75) is 49.8 Å². The Morgan fingerprint density at radius 3 is 1.74 bits per heavy atom. The van der Waals surface area contributed by atoms with E-state index in [4.69, 9.17) is 4.74 Å². The highest BCUT2D eigenvalue weighted by atomic mass is 32.2. The summed E-state index contributed by atoms with van der Waals surface area (Å²) in [6.07, 6.45) is 0.668. The van der Waals surface area contributed by atoms with Crippen LogP contribution in [-0.2, 0) is 27.8 Å². The zero-order valence-corrected chi connectivity index (χ0v) is 25.4. The lowest BCUT2D eigenvalue weighted by Crippen LogP contribution is -2.49. The van der Waals surface area contributed by atoms with Gasteiger partial charge in [-0.15, -0.1) is 0 Å². The summed E-state index contributed by atoms with van der Waals surface area (Å²) in [5.41, 5.74) is 3.03. The number of amides is 1. The van der Waals surface area contributed by atoms with Gasteiger partial charge in [-0.25, -0.2) is 13.2 Å². The molecule has 1 heterocycles. The summed E-state index contributed by atoms with van der Waals surface area (Å²) in [6.45, 7) is 4.66. The number of rotatable bonds is 11. The Morgan fingerprint density at radius 2 is 1.23 bits per heavy atom. The maximum Gasteiger partial charge on any atom is 0.409 e. The smallest absolute Gasteiger partial charge is 0.409 e. The molecule has 43 heavy (non-hydrogen) atoms. The van der Waals surface area contributed by atoms with Crippen molar-refractivity contribution in [3.63, 3.8) is 0 Å². The quantitative estimate of drug-likeness (QED) is 0.196. The molecule has 1 amide bonds. The first-order valence-corrected chi connectivity index (χ1v) is 16.2. The van der Waals surface area contributed by atoms with E-state index in [2.05, 4.69) is 36.1 Å². The van der Waals surface area contributed by atoms with Gasteiger partial charge in [0.2, 0.25) is 0 Å². The number of likely N-dealkylation sites (tertiary alicyclic amines) is 1. The molecular formula is C35H39N3O4S. The van der Waals surface area contributed by atoms with Crippen LogP contribution in [-0.4, -0.2) is 56.1 Å². The van der Waals surface area contributed by atoms with Crippen LogP contribution >= 0.6 is 0 Å². The number of ether oxygens (including phenoxy) is 1. The Bertz CT molecular complexity index is 1490. The molecule has 1 aliphatic heterocycles. The van der Waals surface area contributed by atoms with Crippen molar-refractivity contribution >= 4 is 21.8 Å². The lowest BCUT2D eigenvalue weighted by molar-refractivity contribution is 0.0592. The highest BCUT2D eigenvalue weighted by molar-refractivity contribution is 7.92. The molecule has 0 radical (unpaired) electrons. The number of hydrogen-bond donors (Lipinski definition) is 0. The molecule has 0 unspecified atom stereocenters. The summed E-state index contributed by atoms with van der Waals surface area (Å²) >= 11 is 0. The van der Waals surface area contributed by atoms with E-state index >= 15 is 0 Å². The summed E-state index contributed by atoms with van der Waals surface area (Å²) in [6, 6.07) is 38.0. The van der Waals surface area contributed by atoms with E-state index in [1.807, 2.05) is 66.7 Å². The van der Waals surface area contributed by atoms with E-state index in [1.165, 1.54) is 15.4 Å². The van der Waals surface area contributed by atoms with E-state index in [0.717, 1.165) is 13.1 Å². The lowest BCUT2D eigenvalue weighted by Gasteiger charge is -2.38. The summed E-state index contributed by atoms with van der Waals surface area (Å²) in [5, 5.41) is 0. The Morgan fingerprint density at radius 1 is 0.767 bits per heavy atom. The van der Waals surface area contributed by atoms with Crippen LogP contribution in [0.3, 0.4) is 0 Å². The van der Waals surface area contributed by atoms with Crippen LogP contribution in [0.2, 0.25) is 0 Å². The summed E-state index contributed by atoms with van der Waals surface area (Å²) in [4.78, 5) is 17.4. The minimum absolute atomic E-state index is 0.00788. The van der Waals surface area contributed by atoms with Gasteiger partial charge in [0.15, 0.2) is 0 Å². The molecule has 224 valence electrons. The van der Waals surface area contributed by atoms with Crippen LogP contribution in [0.4, 0.5) is 10.5 Å². The lowest BCUT2D eigenvalue weighted by atomic mass is 10.0. The van der Waals surface area contributed by atoms with E-state index in [1.54, 1.807) is 35.2 Å². The first-order chi connectivity index (χ1) is 20.9.